The fourth-order valence-electron chi connectivity index (χ4n) is 1.12. The molecule has 16 heavy (non-hydrogen) atoms. The highest BCUT2D eigenvalue weighted by molar-refractivity contribution is 5.66. The normalized spacial score (nSPS) is 10.9. The van der Waals surface area contributed by atoms with Gasteiger partial charge in [0.2, 0.25) is 0 Å². The summed E-state index contributed by atoms with van der Waals surface area (Å²) in [5, 5.41) is 19.6. The fraction of sp³-hybridized carbons (Fsp3) is 0.778. The number of tetrazole rings is 1. The van der Waals surface area contributed by atoms with Crippen molar-refractivity contribution in [3.05, 3.63) is 5.82 Å². The molecule has 0 saturated carbocycles. The van der Waals surface area contributed by atoms with Gasteiger partial charge >= 0.3 is 5.97 Å². The molecule has 1 aromatic heterocycles. The lowest BCUT2D eigenvalue weighted by Crippen LogP contribution is -2.11. The van der Waals surface area contributed by atoms with E-state index in [0.717, 1.165) is 0 Å². The van der Waals surface area contributed by atoms with E-state index < -0.39 is 5.97 Å². The first-order valence-corrected chi connectivity index (χ1v) is 5.18. The molecule has 0 aliphatic heterocycles. The van der Waals surface area contributed by atoms with Crippen LogP contribution >= 0.6 is 0 Å². The number of carbonyl (C=O) groups is 1. The molecule has 90 valence electrons. The molecular formula is C9H16N4O3. The van der Waals surface area contributed by atoms with E-state index in [-0.39, 0.29) is 12.5 Å². The van der Waals surface area contributed by atoms with Crippen LogP contribution in [-0.2, 0) is 22.7 Å². The minimum atomic E-state index is -0.812. The van der Waals surface area contributed by atoms with Crippen molar-refractivity contribution in [2.75, 3.05) is 0 Å². The maximum atomic E-state index is 10.3. The van der Waals surface area contributed by atoms with Gasteiger partial charge in [0.05, 0.1) is 6.10 Å². The van der Waals surface area contributed by atoms with Crippen molar-refractivity contribution in [3.8, 4) is 0 Å². The average Bonchev–Trinajstić information content (AvgIpc) is 2.62. The second-order valence-electron chi connectivity index (χ2n) is 3.68. The van der Waals surface area contributed by atoms with Gasteiger partial charge in [-0.1, -0.05) is 0 Å². The van der Waals surface area contributed by atoms with E-state index in [2.05, 4.69) is 15.5 Å². The van der Waals surface area contributed by atoms with Crippen molar-refractivity contribution < 1.29 is 14.6 Å². The van der Waals surface area contributed by atoms with Crippen molar-refractivity contribution in [1.82, 2.24) is 20.2 Å². The molecule has 0 amide bonds. The smallest absolute Gasteiger partial charge is 0.303 e. The molecule has 0 saturated heterocycles. The third-order valence-electron chi connectivity index (χ3n) is 1.91. The lowest BCUT2D eigenvalue weighted by Gasteiger charge is -2.07. The number of ether oxygens (including phenoxy) is 1. The Morgan fingerprint density at radius 2 is 2.31 bits per heavy atom. The van der Waals surface area contributed by atoms with Crippen LogP contribution in [0.15, 0.2) is 0 Å². The molecule has 7 heteroatoms. The lowest BCUT2D eigenvalue weighted by molar-refractivity contribution is -0.137. The van der Waals surface area contributed by atoms with Gasteiger partial charge < -0.3 is 9.84 Å². The van der Waals surface area contributed by atoms with Gasteiger partial charge in [0, 0.05) is 13.0 Å². The third kappa shape index (κ3) is 4.35. The number of aliphatic carboxylic acids is 1. The van der Waals surface area contributed by atoms with Crippen molar-refractivity contribution in [3.63, 3.8) is 0 Å². The van der Waals surface area contributed by atoms with E-state index >= 15 is 0 Å². The van der Waals surface area contributed by atoms with Crippen molar-refractivity contribution >= 4 is 5.97 Å². The first-order chi connectivity index (χ1) is 7.59. The molecule has 1 heterocycles. The quantitative estimate of drug-likeness (QED) is 0.729. The van der Waals surface area contributed by atoms with Gasteiger partial charge in [-0.25, -0.2) is 4.68 Å². The molecule has 0 aliphatic rings. The zero-order valence-electron chi connectivity index (χ0n) is 9.46. The van der Waals surface area contributed by atoms with E-state index in [4.69, 9.17) is 9.84 Å². The van der Waals surface area contributed by atoms with Crippen LogP contribution in [0.2, 0.25) is 0 Å². The predicted octanol–water partition coefficient (Wildman–Crippen LogP) is 0.463. The highest BCUT2D eigenvalue weighted by Gasteiger charge is 2.07. The number of aromatic nitrogens is 4. The third-order valence-corrected chi connectivity index (χ3v) is 1.91. The highest BCUT2D eigenvalue weighted by Crippen LogP contribution is 2.01. The summed E-state index contributed by atoms with van der Waals surface area (Å²) < 4.78 is 6.95. The summed E-state index contributed by atoms with van der Waals surface area (Å²) in [6.45, 7) is 4.70. The second kappa shape index (κ2) is 6.16. The molecule has 7 nitrogen and oxygen atoms in total. The van der Waals surface area contributed by atoms with Crippen molar-refractivity contribution in [2.24, 2.45) is 0 Å². The van der Waals surface area contributed by atoms with E-state index in [0.29, 0.717) is 25.4 Å². The number of aryl methyl sites for hydroxylation is 1. The molecule has 0 unspecified atom stereocenters. The van der Waals surface area contributed by atoms with Gasteiger partial charge in [0.15, 0.2) is 5.82 Å². The number of nitrogens with zero attached hydrogens (tertiary/aromatic N) is 4. The van der Waals surface area contributed by atoms with Crippen LogP contribution in [0, 0.1) is 0 Å². The largest absolute Gasteiger partial charge is 0.481 e. The topological polar surface area (TPSA) is 90.1 Å². The summed E-state index contributed by atoms with van der Waals surface area (Å²) >= 11 is 0. The molecule has 0 aliphatic carbocycles. The van der Waals surface area contributed by atoms with Crippen LogP contribution in [0.3, 0.4) is 0 Å². The molecule has 0 atom stereocenters. The van der Waals surface area contributed by atoms with Gasteiger partial charge in [-0.15, -0.1) is 5.10 Å². The molecule has 0 spiro atoms. The van der Waals surface area contributed by atoms with Crippen LogP contribution in [0.25, 0.3) is 0 Å². The highest BCUT2D eigenvalue weighted by atomic mass is 16.5. The minimum Gasteiger partial charge on any atom is -0.481 e. The zero-order chi connectivity index (χ0) is 12.0. The Balaban J connectivity index is 2.40. The molecule has 1 N–H and O–H groups in total. The fourth-order valence-corrected chi connectivity index (χ4v) is 1.12. The summed E-state index contributed by atoms with van der Waals surface area (Å²) in [6, 6.07) is 0. The molecule has 0 fully saturated rings. The Hall–Kier alpha value is -1.50. The molecular weight excluding hydrogens is 212 g/mol. The summed E-state index contributed by atoms with van der Waals surface area (Å²) in [5.74, 6) is -0.188. The van der Waals surface area contributed by atoms with E-state index in [9.17, 15) is 4.79 Å². The molecule has 1 aromatic rings. The van der Waals surface area contributed by atoms with Crippen LogP contribution in [0.5, 0.6) is 0 Å². The second-order valence-corrected chi connectivity index (χ2v) is 3.68. The van der Waals surface area contributed by atoms with Crippen LogP contribution in [-0.4, -0.2) is 37.4 Å². The summed E-state index contributed by atoms with van der Waals surface area (Å²) in [6.07, 6.45) is 0.739. The van der Waals surface area contributed by atoms with Crippen LogP contribution in [0.1, 0.15) is 32.5 Å². The van der Waals surface area contributed by atoms with E-state index in [1.807, 2.05) is 13.8 Å². The summed E-state index contributed by atoms with van der Waals surface area (Å²) in [7, 11) is 0. The Kier molecular flexibility index (Phi) is 4.84. The number of hydrogen-bond acceptors (Lipinski definition) is 5. The maximum Gasteiger partial charge on any atom is 0.303 e. The number of rotatable bonds is 7. The molecule has 0 radical (unpaired) electrons. The number of carboxylic acid groups (broad SMARTS) is 1. The number of hydrogen-bond donors (Lipinski definition) is 1. The maximum absolute atomic E-state index is 10.3. The predicted molar refractivity (Wildman–Crippen MR) is 54.6 cm³/mol. The Bertz CT molecular complexity index is 337. The first kappa shape index (κ1) is 12.6. The molecule has 0 aromatic carbocycles. The van der Waals surface area contributed by atoms with Crippen molar-refractivity contribution in [1.29, 1.82) is 0 Å². The van der Waals surface area contributed by atoms with Gasteiger partial charge in [0.25, 0.3) is 0 Å². The van der Waals surface area contributed by atoms with E-state index in [1.165, 1.54) is 0 Å². The monoisotopic (exact) mass is 228 g/mol. The Morgan fingerprint density at radius 1 is 1.56 bits per heavy atom. The average molecular weight is 228 g/mol. The SMILES string of the molecule is CC(C)OCc1nnnn1CCCC(=O)O. The first-order valence-electron chi connectivity index (χ1n) is 5.18. The van der Waals surface area contributed by atoms with Gasteiger partial charge in [0.1, 0.15) is 6.61 Å². The number of carboxylic acids is 1. The standard InChI is InChI=1S/C9H16N4O3/c1-7(2)16-6-8-10-11-12-13(8)5-3-4-9(14)15/h7H,3-6H2,1-2H3,(H,14,15). The van der Waals surface area contributed by atoms with Gasteiger partial charge in [-0.05, 0) is 30.7 Å². The molecule has 1 rings (SSSR count). The Morgan fingerprint density at radius 3 is 2.94 bits per heavy atom. The van der Waals surface area contributed by atoms with Gasteiger partial charge in [-0.3, -0.25) is 4.79 Å². The summed E-state index contributed by atoms with van der Waals surface area (Å²) in [5.41, 5.74) is 0. The minimum absolute atomic E-state index is 0.115. The van der Waals surface area contributed by atoms with Crippen molar-refractivity contribution in [2.45, 2.75) is 45.9 Å². The van der Waals surface area contributed by atoms with Gasteiger partial charge in [-0.2, -0.15) is 0 Å². The zero-order valence-corrected chi connectivity index (χ0v) is 9.46. The Labute approximate surface area is 93.4 Å². The molecule has 0 bridgehead atoms. The van der Waals surface area contributed by atoms with Crippen LogP contribution in [0.4, 0.5) is 0 Å². The lowest BCUT2D eigenvalue weighted by atomic mass is 10.3. The van der Waals surface area contributed by atoms with Crippen LogP contribution < -0.4 is 0 Å². The van der Waals surface area contributed by atoms with E-state index in [1.54, 1.807) is 4.68 Å². The summed E-state index contributed by atoms with van der Waals surface area (Å²) in [4.78, 5) is 10.3.